The van der Waals surface area contributed by atoms with E-state index in [1.807, 2.05) is 78.9 Å². The Bertz CT molecular complexity index is 2610. The fourth-order valence-electron chi connectivity index (χ4n) is 7.28. The monoisotopic (exact) mass is 588 g/mol. The molecule has 214 valence electrons. The molecule has 0 saturated carbocycles. The Morgan fingerprint density at radius 2 is 1.09 bits per heavy atom. The predicted molar refractivity (Wildman–Crippen MR) is 191 cm³/mol. The van der Waals surface area contributed by atoms with Crippen LogP contribution in [-0.4, -0.2) is 18.1 Å². The van der Waals surface area contributed by atoms with Crippen LogP contribution in [-0.2, 0) is 0 Å². The van der Waals surface area contributed by atoms with Crippen molar-refractivity contribution in [2.45, 2.75) is 0 Å². The molecule has 46 heavy (non-hydrogen) atoms. The Morgan fingerprint density at radius 3 is 1.78 bits per heavy atom. The van der Waals surface area contributed by atoms with Gasteiger partial charge in [-0.25, -0.2) is 0 Å². The minimum Gasteiger partial charge on any atom is -0.507 e. The van der Waals surface area contributed by atoms with Crippen molar-refractivity contribution in [2.24, 2.45) is 0 Å². The van der Waals surface area contributed by atoms with Gasteiger partial charge in [-0.1, -0.05) is 127 Å². The molecule has 0 aliphatic rings. The Kier molecular flexibility index (Phi) is 5.75. The van der Waals surface area contributed by atoms with Gasteiger partial charge in [0.05, 0.1) is 5.56 Å². The van der Waals surface area contributed by atoms with Gasteiger partial charge in [-0.3, -0.25) is 0 Å². The van der Waals surface area contributed by atoms with Crippen molar-refractivity contribution in [2.75, 3.05) is 0 Å². The van der Waals surface area contributed by atoms with Crippen LogP contribution in [0.25, 0.3) is 87.6 Å². The van der Waals surface area contributed by atoms with E-state index < -0.39 is 0 Å². The van der Waals surface area contributed by atoms with Crippen LogP contribution in [0.1, 0.15) is 0 Å². The summed E-state index contributed by atoms with van der Waals surface area (Å²) in [6, 6.07) is 46.3. The van der Waals surface area contributed by atoms with Crippen molar-refractivity contribution in [1.82, 2.24) is 0 Å². The highest BCUT2D eigenvalue weighted by Crippen LogP contribution is 2.51. The Morgan fingerprint density at radius 1 is 0.478 bits per heavy atom. The van der Waals surface area contributed by atoms with Crippen molar-refractivity contribution in [3.63, 3.8) is 0 Å². The minimum atomic E-state index is -0.0763. The number of phenolic OH excluding ortho intramolecular Hbond substituents is 2. The van der Waals surface area contributed by atoms with Crippen molar-refractivity contribution in [3.05, 3.63) is 140 Å². The normalized spacial score (nSPS) is 11.7. The van der Waals surface area contributed by atoms with Crippen molar-refractivity contribution >= 4 is 67.6 Å². The fraction of sp³-hybridized carbons (Fsp3) is 0. The van der Waals surface area contributed by atoms with Crippen molar-refractivity contribution < 1.29 is 14.6 Å². The van der Waals surface area contributed by atoms with Gasteiger partial charge in [-0.15, -0.1) is 0 Å². The third kappa shape index (κ3) is 3.74. The molecule has 0 atom stereocenters. The first kappa shape index (κ1) is 26.4. The second kappa shape index (κ2) is 10.0. The number of hydrogen-bond donors (Lipinski definition) is 2. The predicted octanol–water partition coefficient (Wildman–Crippen LogP) is 10.3. The average Bonchev–Trinajstić information content (AvgIpc) is 3.48. The van der Waals surface area contributed by atoms with E-state index in [4.69, 9.17) is 12.3 Å². The smallest absolute Gasteiger partial charge is 0.143 e. The van der Waals surface area contributed by atoms with Crippen LogP contribution in [0.15, 0.2) is 144 Å². The minimum absolute atomic E-state index is 0.0541. The molecule has 3 nitrogen and oxygen atoms in total. The van der Waals surface area contributed by atoms with Crippen LogP contribution in [0.2, 0.25) is 0 Å². The van der Waals surface area contributed by atoms with E-state index >= 15 is 0 Å². The van der Waals surface area contributed by atoms with E-state index in [1.165, 1.54) is 6.07 Å². The zero-order valence-corrected chi connectivity index (χ0v) is 24.7. The summed E-state index contributed by atoms with van der Waals surface area (Å²) in [6.07, 6.45) is 0. The molecule has 1 aromatic heterocycles. The molecule has 0 bridgehead atoms. The lowest BCUT2D eigenvalue weighted by atomic mass is 9.80. The summed E-state index contributed by atoms with van der Waals surface area (Å²) in [7, 11) is 6.42. The lowest BCUT2D eigenvalue weighted by Crippen LogP contribution is -2.08. The number of fused-ring (bicyclic) bond motifs is 7. The van der Waals surface area contributed by atoms with Gasteiger partial charge in [0.2, 0.25) is 0 Å². The van der Waals surface area contributed by atoms with E-state index in [0.717, 1.165) is 76.5 Å². The number of phenols is 2. The number of furan rings is 1. The molecular weight excluding hydrogens is 563 g/mol. The van der Waals surface area contributed by atoms with E-state index in [9.17, 15) is 10.2 Å². The van der Waals surface area contributed by atoms with Gasteiger partial charge >= 0.3 is 0 Å². The first-order valence-corrected chi connectivity index (χ1v) is 15.3. The Hall–Kier alpha value is -6.00. The molecule has 2 N–H and O–H groups in total. The molecule has 9 aromatic rings. The average molecular weight is 588 g/mol. The van der Waals surface area contributed by atoms with Gasteiger partial charge in [-0.2, -0.15) is 0 Å². The van der Waals surface area contributed by atoms with E-state index in [0.29, 0.717) is 16.6 Å². The first-order valence-electron chi connectivity index (χ1n) is 15.3. The molecule has 0 spiro atoms. The quantitative estimate of drug-likeness (QED) is 0.160. The molecule has 0 aliphatic carbocycles. The molecular formula is C42H25BO3. The Balaban J connectivity index is 1.42. The SMILES string of the molecule is [B]c1cc(O)c(-c2c3ccccc3c(-c3cccc4oc5c6ccccc6ccc5c34)c3ccccc23)c(O)c1-c1ccccc1. The van der Waals surface area contributed by atoms with Crippen molar-refractivity contribution in [3.8, 4) is 44.9 Å². The molecule has 0 saturated heterocycles. The molecule has 8 aromatic carbocycles. The molecule has 0 fully saturated rings. The third-order valence-electron chi connectivity index (χ3n) is 9.21. The summed E-state index contributed by atoms with van der Waals surface area (Å²) < 4.78 is 6.56. The topological polar surface area (TPSA) is 53.6 Å². The van der Waals surface area contributed by atoms with Crippen molar-refractivity contribution in [1.29, 1.82) is 0 Å². The second-order valence-corrected chi connectivity index (χ2v) is 11.7. The summed E-state index contributed by atoms with van der Waals surface area (Å²) in [5, 5.41) is 31.5. The van der Waals surface area contributed by atoms with Crippen LogP contribution in [0.3, 0.4) is 0 Å². The molecule has 0 aliphatic heterocycles. The van der Waals surface area contributed by atoms with Crippen LogP contribution >= 0.6 is 0 Å². The molecule has 2 radical (unpaired) electrons. The van der Waals surface area contributed by atoms with Gasteiger partial charge in [-0.05, 0) is 61.8 Å². The Labute approximate surface area is 266 Å². The summed E-state index contributed by atoms with van der Waals surface area (Å²) in [6.45, 7) is 0. The van der Waals surface area contributed by atoms with Gasteiger partial charge in [0, 0.05) is 27.3 Å². The molecule has 4 heteroatoms. The largest absolute Gasteiger partial charge is 0.507 e. The summed E-state index contributed by atoms with van der Waals surface area (Å²) in [5.41, 5.74) is 6.49. The van der Waals surface area contributed by atoms with Gasteiger partial charge in [0.25, 0.3) is 0 Å². The molecule has 0 unspecified atom stereocenters. The fourth-order valence-corrected chi connectivity index (χ4v) is 7.28. The van der Waals surface area contributed by atoms with Crippen LogP contribution in [0, 0.1) is 0 Å². The summed E-state index contributed by atoms with van der Waals surface area (Å²) in [5.74, 6) is -0.130. The zero-order valence-electron chi connectivity index (χ0n) is 24.7. The van der Waals surface area contributed by atoms with E-state index in [1.54, 1.807) is 0 Å². The van der Waals surface area contributed by atoms with Crippen LogP contribution in [0.5, 0.6) is 11.5 Å². The maximum Gasteiger partial charge on any atom is 0.143 e. The lowest BCUT2D eigenvalue weighted by molar-refractivity contribution is 0.456. The summed E-state index contributed by atoms with van der Waals surface area (Å²) in [4.78, 5) is 0. The first-order chi connectivity index (χ1) is 22.6. The summed E-state index contributed by atoms with van der Waals surface area (Å²) >= 11 is 0. The molecule has 1 heterocycles. The van der Waals surface area contributed by atoms with Crippen LogP contribution in [0.4, 0.5) is 0 Å². The standard InChI is InChI=1S/C42H25BO3/c43-33-23-34(44)40(41(45)36(33)25-12-2-1-3-13-25)39-29-17-8-6-15-27(29)37(28-16-7-9-18-30(28)39)31-19-10-20-35-38(31)32-22-21-24-11-4-5-14-26(24)42(32)46-35/h1-23,44-45H. The number of aromatic hydroxyl groups is 2. The second-order valence-electron chi connectivity index (χ2n) is 11.7. The zero-order chi connectivity index (χ0) is 30.9. The number of benzene rings is 8. The maximum atomic E-state index is 11.9. The number of rotatable bonds is 3. The number of hydrogen-bond acceptors (Lipinski definition) is 3. The van der Waals surface area contributed by atoms with Gasteiger partial charge < -0.3 is 14.6 Å². The molecule has 0 amide bonds. The highest BCUT2D eigenvalue weighted by atomic mass is 16.3. The van der Waals surface area contributed by atoms with Gasteiger partial charge in [0.1, 0.15) is 30.5 Å². The highest BCUT2D eigenvalue weighted by Gasteiger charge is 2.25. The van der Waals surface area contributed by atoms with Crippen LogP contribution < -0.4 is 5.46 Å². The third-order valence-corrected chi connectivity index (χ3v) is 9.21. The lowest BCUT2D eigenvalue weighted by Gasteiger charge is -2.21. The van der Waals surface area contributed by atoms with E-state index in [2.05, 4.69) is 54.6 Å². The molecule has 9 rings (SSSR count). The van der Waals surface area contributed by atoms with Gasteiger partial charge in [0.15, 0.2) is 0 Å². The highest BCUT2D eigenvalue weighted by molar-refractivity contribution is 6.37. The van der Waals surface area contributed by atoms with E-state index in [-0.39, 0.29) is 11.5 Å². The maximum absolute atomic E-state index is 11.9.